The molecule has 0 amide bonds. The largest absolute Gasteiger partial charge is 0.371 e. The molecule has 2 rings (SSSR count). The standard InChI is InChI=1S/C10H11BFNO/c1-10(13,9-5-14-9)6-2-3-8(12)7(11)4-6/h2-4,9H,5,13H2,1H3/t9-,10?/m0/s1. The SMILES string of the molecule is [B]c1cc(C(C)(N)[C@@H]2CO2)ccc1F. The average molecular weight is 191 g/mol. The summed E-state index contributed by atoms with van der Waals surface area (Å²) < 4.78 is 18.0. The lowest BCUT2D eigenvalue weighted by atomic mass is 9.85. The van der Waals surface area contributed by atoms with Gasteiger partial charge in [0.05, 0.1) is 12.1 Å². The maximum Gasteiger partial charge on any atom is 0.117 e. The van der Waals surface area contributed by atoms with Crippen LogP contribution in [0.1, 0.15) is 12.5 Å². The predicted octanol–water partition coefficient (Wildman–Crippen LogP) is 0.192. The maximum atomic E-state index is 12.9. The van der Waals surface area contributed by atoms with Crippen molar-refractivity contribution in [3.05, 3.63) is 29.6 Å². The number of epoxide rings is 1. The molecule has 1 fully saturated rings. The highest BCUT2D eigenvalue weighted by atomic mass is 19.1. The van der Waals surface area contributed by atoms with Crippen LogP contribution in [-0.2, 0) is 10.3 Å². The molecule has 2 atom stereocenters. The van der Waals surface area contributed by atoms with E-state index in [0.717, 1.165) is 5.56 Å². The lowest BCUT2D eigenvalue weighted by molar-refractivity contribution is 0.307. The first-order chi connectivity index (χ1) is 6.51. The van der Waals surface area contributed by atoms with Crippen molar-refractivity contribution >= 4 is 13.3 Å². The van der Waals surface area contributed by atoms with E-state index in [2.05, 4.69) is 0 Å². The van der Waals surface area contributed by atoms with Crippen LogP contribution in [0.2, 0.25) is 0 Å². The van der Waals surface area contributed by atoms with Gasteiger partial charge in [-0.3, -0.25) is 0 Å². The molecule has 4 heteroatoms. The second-order valence-corrected chi connectivity index (χ2v) is 3.84. The molecular weight excluding hydrogens is 180 g/mol. The Balaban J connectivity index is 2.36. The fourth-order valence-electron chi connectivity index (χ4n) is 1.46. The molecule has 1 heterocycles. The lowest BCUT2D eigenvalue weighted by Gasteiger charge is -2.23. The van der Waals surface area contributed by atoms with Crippen molar-refractivity contribution in [2.75, 3.05) is 6.61 Å². The van der Waals surface area contributed by atoms with Gasteiger partial charge in [-0.25, -0.2) is 4.39 Å². The molecule has 72 valence electrons. The van der Waals surface area contributed by atoms with Crippen LogP contribution in [0.5, 0.6) is 0 Å². The summed E-state index contributed by atoms with van der Waals surface area (Å²) in [7, 11) is 5.47. The van der Waals surface area contributed by atoms with Gasteiger partial charge in [-0.1, -0.05) is 17.6 Å². The first-order valence-electron chi connectivity index (χ1n) is 4.48. The molecule has 0 aromatic heterocycles. The third-order valence-electron chi connectivity index (χ3n) is 2.62. The van der Waals surface area contributed by atoms with Crippen molar-refractivity contribution in [1.82, 2.24) is 0 Å². The van der Waals surface area contributed by atoms with E-state index in [1.54, 1.807) is 12.1 Å². The van der Waals surface area contributed by atoms with Gasteiger partial charge in [-0.15, -0.1) is 0 Å². The molecule has 0 spiro atoms. The van der Waals surface area contributed by atoms with Crippen molar-refractivity contribution < 1.29 is 9.13 Å². The van der Waals surface area contributed by atoms with Crippen LogP contribution < -0.4 is 11.2 Å². The van der Waals surface area contributed by atoms with Crippen LogP contribution in [0, 0.1) is 5.82 Å². The van der Waals surface area contributed by atoms with E-state index >= 15 is 0 Å². The van der Waals surface area contributed by atoms with Crippen molar-refractivity contribution in [3.8, 4) is 0 Å². The van der Waals surface area contributed by atoms with E-state index in [4.69, 9.17) is 18.3 Å². The fourth-order valence-corrected chi connectivity index (χ4v) is 1.46. The summed E-state index contributed by atoms with van der Waals surface area (Å²) in [5.74, 6) is -0.415. The van der Waals surface area contributed by atoms with Crippen LogP contribution in [0.4, 0.5) is 4.39 Å². The van der Waals surface area contributed by atoms with Gasteiger partial charge in [-0.05, 0) is 18.6 Å². The summed E-state index contributed by atoms with van der Waals surface area (Å²) in [4.78, 5) is 0. The molecule has 0 bridgehead atoms. The van der Waals surface area contributed by atoms with E-state index in [1.165, 1.54) is 6.07 Å². The average Bonchev–Trinajstić information content (AvgIpc) is 2.92. The zero-order valence-electron chi connectivity index (χ0n) is 7.96. The summed E-state index contributed by atoms with van der Waals surface area (Å²) in [5, 5.41) is 0. The lowest BCUT2D eigenvalue weighted by Crippen LogP contribution is -2.39. The maximum absolute atomic E-state index is 12.9. The van der Waals surface area contributed by atoms with Crippen LogP contribution in [0.25, 0.3) is 0 Å². The smallest absolute Gasteiger partial charge is 0.117 e. The summed E-state index contributed by atoms with van der Waals surface area (Å²) in [6, 6.07) is 4.54. The Morgan fingerprint density at radius 2 is 2.29 bits per heavy atom. The minimum atomic E-state index is -0.582. The number of ether oxygens (including phenoxy) is 1. The normalized spacial score (nSPS) is 24.4. The Morgan fingerprint density at radius 1 is 1.64 bits per heavy atom. The first kappa shape index (κ1) is 9.68. The third kappa shape index (κ3) is 1.55. The molecule has 1 aliphatic rings. The van der Waals surface area contributed by atoms with Gasteiger partial charge in [0, 0.05) is 0 Å². The fraction of sp³-hybridized carbons (Fsp3) is 0.400. The zero-order valence-corrected chi connectivity index (χ0v) is 7.96. The number of hydrogen-bond donors (Lipinski definition) is 1. The van der Waals surface area contributed by atoms with Crippen molar-refractivity contribution in [2.45, 2.75) is 18.6 Å². The molecular formula is C10H11BFNO. The van der Waals surface area contributed by atoms with Gasteiger partial charge in [0.25, 0.3) is 0 Å². The number of benzene rings is 1. The predicted molar refractivity (Wildman–Crippen MR) is 53.1 cm³/mol. The molecule has 0 saturated carbocycles. The molecule has 2 nitrogen and oxygen atoms in total. The van der Waals surface area contributed by atoms with Crippen LogP contribution in [0.3, 0.4) is 0 Å². The van der Waals surface area contributed by atoms with Crippen LogP contribution in [0.15, 0.2) is 18.2 Å². The van der Waals surface area contributed by atoms with Crippen molar-refractivity contribution in [2.24, 2.45) is 5.73 Å². The van der Waals surface area contributed by atoms with Gasteiger partial charge in [0.2, 0.25) is 0 Å². The summed E-state index contributed by atoms with van der Waals surface area (Å²) in [6.45, 7) is 2.52. The minimum absolute atomic E-state index is 0.0207. The van der Waals surface area contributed by atoms with Gasteiger partial charge >= 0.3 is 0 Å². The molecule has 0 aliphatic carbocycles. The molecule has 14 heavy (non-hydrogen) atoms. The van der Waals surface area contributed by atoms with Crippen LogP contribution >= 0.6 is 0 Å². The van der Waals surface area contributed by atoms with Gasteiger partial charge in [0.1, 0.15) is 19.8 Å². The summed E-state index contributed by atoms with van der Waals surface area (Å²) in [6.07, 6.45) is 0.0207. The van der Waals surface area contributed by atoms with Crippen molar-refractivity contribution in [1.29, 1.82) is 0 Å². The molecule has 1 aromatic rings. The number of rotatable bonds is 2. The quantitative estimate of drug-likeness (QED) is 0.535. The van der Waals surface area contributed by atoms with Gasteiger partial charge in [0.15, 0.2) is 0 Å². The number of nitrogens with two attached hydrogens (primary N) is 1. The van der Waals surface area contributed by atoms with Crippen molar-refractivity contribution in [3.63, 3.8) is 0 Å². The Kier molecular flexibility index (Phi) is 2.12. The Bertz CT molecular complexity index is 363. The van der Waals surface area contributed by atoms with E-state index in [9.17, 15) is 4.39 Å². The first-order valence-corrected chi connectivity index (χ1v) is 4.48. The molecule has 2 N–H and O–H groups in total. The van der Waals surface area contributed by atoms with Gasteiger partial charge < -0.3 is 10.5 Å². The van der Waals surface area contributed by atoms with Gasteiger partial charge in [-0.2, -0.15) is 0 Å². The van der Waals surface area contributed by atoms with E-state index in [0.29, 0.717) is 6.61 Å². The third-order valence-corrected chi connectivity index (χ3v) is 2.62. The second kappa shape index (κ2) is 3.07. The highest BCUT2D eigenvalue weighted by Crippen LogP contribution is 2.30. The molecule has 1 aliphatic heterocycles. The minimum Gasteiger partial charge on any atom is -0.371 e. The highest BCUT2D eigenvalue weighted by Gasteiger charge is 2.41. The Hall–Kier alpha value is -0.865. The summed E-state index contributed by atoms with van der Waals surface area (Å²) in [5.41, 5.74) is 6.41. The topological polar surface area (TPSA) is 38.5 Å². The second-order valence-electron chi connectivity index (χ2n) is 3.84. The number of hydrogen-bond acceptors (Lipinski definition) is 2. The molecule has 2 radical (unpaired) electrons. The Morgan fingerprint density at radius 3 is 2.79 bits per heavy atom. The molecule has 1 unspecified atom stereocenters. The molecule has 1 saturated heterocycles. The zero-order chi connectivity index (χ0) is 10.3. The Labute approximate surface area is 83.7 Å². The molecule has 1 aromatic carbocycles. The monoisotopic (exact) mass is 191 g/mol. The number of halogens is 1. The van der Waals surface area contributed by atoms with E-state index in [-0.39, 0.29) is 11.6 Å². The van der Waals surface area contributed by atoms with E-state index in [1.807, 2.05) is 6.92 Å². The van der Waals surface area contributed by atoms with Crippen LogP contribution in [-0.4, -0.2) is 20.6 Å². The van der Waals surface area contributed by atoms with E-state index < -0.39 is 11.4 Å². The summed E-state index contributed by atoms with van der Waals surface area (Å²) >= 11 is 0. The highest BCUT2D eigenvalue weighted by molar-refractivity contribution is 6.32.